The van der Waals surface area contributed by atoms with E-state index in [1.165, 1.54) is 13.2 Å². The van der Waals surface area contributed by atoms with Crippen molar-refractivity contribution in [1.29, 1.82) is 0 Å². The van der Waals surface area contributed by atoms with E-state index in [9.17, 15) is 19.2 Å². The van der Waals surface area contributed by atoms with Gasteiger partial charge < -0.3 is 34.6 Å². The third-order valence-electron chi connectivity index (χ3n) is 7.17. The molecule has 11 heteroatoms. The molecule has 0 spiro atoms. The summed E-state index contributed by atoms with van der Waals surface area (Å²) >= 11 is 0. The highest BCUT2D eigenvalue weighted by atomic mass is 16.5. The van der Waals surface area contributed by atoms with Gasteiger partial charge in [-0.25, -0.2) is 0 Å². The van der Waals surface area contributed by atoms with Crippen LogP contribution in [-0.4, -0.2) is 85.5 Å². The zero-order valence-electron chi connectivity index (χ0n) is 21.8. The van der Waals surface area contributed by atoms with Gasteiger partial charge in [0.1, 0.15) is 11.9 Å². The van der Waals surface area contributed by atoms with E-state index in [4.69, 9.17) is 14.2 Å². The van der Waals surface area contributed by atoms with Gasteiger partial charge in [-0.2, -0.15) is 0 Å². The van der Waals surface area contributed by atoms with Gasteiger partial charge in [0.05, 0.1) is 26.2 Å². The minimum atomic E-state index is -0.509. The van der Waals surface area contributed by atoms with Gasteiger partial charge in [-0.3, -0.25) is 19.2 Å². The molecule has 206 valence electrons. The van der Waals surface area contributed by atoms with Crippen molar-refractivity contribution in [2.45, 2.75) is 38.0 Å². The van der Waals surface area contributed by atoms with Crippen molar-refractivity contribution in [1.82, 2.24) is 20.4 Å². The number of benzene rings is 2. The Morgan fingerprint density at radius 1 is 1.08 bits per heavy atom. The lowest BCUT2D eigenvalue weighted by molar-refractivity contribution is -0.141. The van der Waals surface area contributed by atoms with Gasteiger partial charge >= 0.3 is 0 Å². The van der Waals surface area contributed by atoms with Crippen LogP contribution >= 0.6 is 0 Å². The number of likely N-dealkylation sites (tertiary alicyclic amines) is 2. The van der Waals surface area contributed by atoms with Crippen molar-refractivity contribution >= 4 is 23.6 Å². The fourth-order valence-corrected chi connectivity index (χ4v) is 4.97. The standard InChI is InChI=1S/C28H32N4O7/c1-37-22-10-7-19-12-23(22)38-17-25(33)29-13-18-5-8-20(9-6-18)39-24-15-32(14-21(24)30-28(19)36)27(35)16-31-11-3-2-4-26(31)34/h5-10,12,21,24H,2-4,11,13-17H2,1H3,(H,29,33)(H,30,36)/t21-,24-/m0/s1. The molecule has 4 aliphatic heterocycles. The van der Waals surface area contributed by atoms with Gasteiger partial charge in [-0.15, -0.1) is 0 Å². The molecule has 0 radical (unpaired) electrons. The molecule has 2 aromatic carbocycles. The highest BCUT2D eigenvalue weighted by Gasteiger charge is 2.39. The van der Waals surface area contributed by atoms with Crippen LogP contribution in [0.5, 0.6) is 17.2 Å². The molecule has 2 saturated heterocycles. The number of carbonyl (C=O) groups excluding carboxylic acids is 4. The number of nitrogens with one attached hydrogen (secondary N) is 2. The quantitative estimate of drug-likeness (QED) is 0.602. The number of amides is 4. The molecule has 0 aliphatic carbocycles. The molecular formula is C28H32N4O7. The minimum Gasteiger partial charge on any atom is -0.493 e. The molecule has 0 unspecified atom stereocenters. The topological polar surface area (TPSA) is 127 Å². The first-order valence-corrected chi connectivity index (χ1v) is 13.1. The molecule has 2 N–H and O–H groups in total. The summed E-state index contributed by atoms with van der Waals surface area (Å²) in [4.78, 5) is 54.3. The second kappa shape index (κ2) is 11.6. The number of piperidine rings is 1. The monoisotopic (exact) mass is 536 g/mol. The summed E-state index contributed by atoms with van der Waals surface area (Å²) < 4.78 is 17.3. The lowest BCUT2D eigenvalue weighted by Gasteiger charge is -2.28. The highest BCUT2D eigenvalue weighted by Crippen LogP contribution is 2.29. The first kappa shape index (κ1) is 26.3. The van der Waals surface area contributed by atoms with Crippen molar-refractivity contribution in [3.05, 3.63) is 53.6 Å². The Morgan fingerprint density at radius 2 is 1.90 bits per heavy atom. The summed E-state index contributed by atoms with van der Waals surface area (Å²) in [5.74, 6) is 0.342. The Bertz CT molecular complexity index is 1250. The van der Waals surface area contributed by atoms with Gasteiger partial charge in [0.2, 0.25) is 11.8 Å². The van der Waals surface area contributed by atoms with E-state index in [0.29, 0.717) is 36.6 Å². The van der Waals surface area contributed by atoms with Crippen molar-refractivity contribution in [2.75, 3.05) is 39.9 Å². The van der Waals surface area contributed by atoms with Gasteiger partial charge in [0, 0.05) is 31.6 Å². The third-order valence-corrected chi connectivity index (χ3v) is 7.17. The molecule has 2 fully saturated rings. The Balaban J connectivity index is 1.39. The van der Waals surface area contributed by atoms with Crippen LogP contribution in [0.2, 0.25) is 0 Å². The second-order valence-electron chi connectivity index (χ2n) is 9.88. The molecule has 4 heterocycles. The minimum absolute atomic E-state index is 0.00610. The molecule has 0 saturated carbocycles. The summed E-state index contributed by atoms with van der Waals surface area (Å²) in [7, 11) is 1.48. The third kappa shape index (κ3) is 6.24. The number of nitrogens with zero attached hydrogens (tertiary/aromatic N) is 2. The summed E-state index contributed by atoms with van der Waals surface area (Å²) in [6, 6.07) is 11.5. The molecule has 0 aromatic heterocycles. The number of methoxy groups -OCH3 is 1. The Labute approximate surface area is 226 Å². The van der Waals surface area contributed by atoms with Crippen LogP contribution in [0.15, 0.2) is 42.5 Å². The van der Waals surface area contributed by atoms with Gasteiger partial charge in [0.15, 0.2) is 18.1 Å². The van der Waals surface area contributed by atoms with Crippen LogP contribution < -0.4 is 24.8 Å². The molecular weight excluding hydrogens is 504 g/mol. The van der Waals surface area contributed by atoms with Crippen LogP contribution in [0, 0.1) is 0 Å². The predicted octanol–water partition coefficient (Wildman–Crippen LogP) is 1.10. The molecule has 2 aromatic rings. The van der Waals surface area contributed by atoms with Crippen LogP contribution in [0.1, 0.15) is 35.2 Å². The highest BCUT2D eigenvalue weighted by molar-refractivity contribution is 5.95. The molecule has 6 rings (SSSR count). The van der Waals surface area contributed by atoms with E-state index in [0.717, 1.165) is 18.4 Å². The lowest BCUT2D eigenvalue weighted by Crippen LogP contribution is -2.46. The average molecular weight is 537 g/mol. The fourth-order valence-electron chi connectivity index (χ4n) is 4.97. The van der Waals surface area contributed by atoms with Crippen molar-refractivity contribution in [3.8, 4) is 17.2 Å². The van der Waals surface area contributed by atoms with Crippen molar-refractivity contribution in [3.63, 3.8) is 0 Å². The average Bonchev–Trinajstić information content (AvgIpc) is 3.34. The number of ether oxygens (including phenoxy) is 3. The zero-order chi connectivity index (χ0) is 27.4. The summed E-state index contributed by atoms with van der Waals surface area (Å²) in [5, 5.41) is 5.80. The van der Waals surface area contributed by atoms with Crippen molar-refractivity contribution < 1.29 is 33.4 Å². The molecule has 11 nitrogen and oxygen atoms in total. The van der Waals surface area contributed by atoms with Crippen LogP contribution in [0.3, 0.4) is 0 Å². The van der Waals surface area contributed by atoms with Gasteiger partial charge in [0.25, 0.3) is 11.8 Å². The van der Waals surface area contributed by atoms with Crippen LogP contribution in [0.25, 0.3) is 0 Å². The summed E-state index contributed by atoms with van der Waals surface area (Å²) in [5.41, 5.74) is 1.18. The van der Waals surface area contributed by atoms with Crippen LogP contribution in [0.4, 0.5) is 0 Å². The maximum atomic E-state index is 13.3. The SMILES string of the molecule is COc1ccc2cc1OCC(=O)NCc1ccc(cc1)O[C@H]1CN(C(=O)CN3CCCCC3=O)C[C@@H]1NC2=O. The second-order valence-corrected chi connectivity index (χ2v) is 9.88. The van der Waals surface area contributed by atoms with E-state index in [1.54, 1.807) is 34.1 Å². The number of fused-ring (bicyclic) bond motifs is 7. The molecule has 4 bridgehead atoms. The normalized spacial score (nSPS) is 21.7. The van der Waals surface area contributed by atoms with E-state index < -0.39 is 12.1 Å². The number of hydrogen-bond acceptors (Lipinski definition) is 7. The number of carbonyl (C=O) groups is 4. The molecule has 2 atom stereocenters. The maximum Gasteiger partial charge on any atom is 0.258 e. The number of hydrogen-bond donors (Lipinski definition) is 2. The van der Waals surface area contributed by atoms with Crippen LogP contribution in [-0.2, 0) is 20.9 Å². The van der Waals surface area contributed by atoms with E-state index >= 15 is 0 Å². The van der Waals surface area contributed by atoms with E-state index in [-0.39, 0.29) is 55.6 Å². The Kier molecular flexibility index (Phi) is 7.85. The summed E-state index contributed by atoms with van der Waals surface area (Å²) in [6.07, 6.45) is 1.69. The Morgan fingerprint density at radius 3 is 2.67 bits per heavy atom. The van der Waals surface area contributed by atoms with E-state index in [2.05, 4.69) is 10.6 Å². The van der Waals surface area contributed by atoms with E-state index in [1.807, 2.05) is 12.1 Å². The first-order valence-electron chi connectivity index (χ1n) is 13.1. The Hall–Kier alpha value is -4.28. The zero-order valence-corrected chi connectivity index (χ0v) is 21.8. The first-order chi connectivity index (χ1) is 18.9. The molecule has 39 heavy (non-hydrogen) atoms. The largest absolute Gasteiger partial charge is 0.493 e. The lowest BCUT2D eigenvalue weighted by atomic mass is 10.1. The fraction of sp³-hybridized carbons (Fsp3) is 0.429. The number of rotatable bonds is 3. The predicted molar refractivity (Wildman–Crippen MR) is 139 cm³/mol. The summed E-state index contributed by atoms with van der Waals surface area (Å²) in [6.45, 7) is 1.17. The maximum absolute atomic E-state index is 13.3. The van der Waals surface area contributed by atoms with Gasteiger partial charge in [-0.1, -0.05) is 12.1 Å². The molecule has 4 amide bonds. The molecule has 4 aliphatic rings. The van der Waals surface area contributed by atoms with Crippen molar-refractivity contribution in [2.24, 2.45) is 0 Å². The smallest absolute Gasteiger partial charge is 0.258 e. The van der Waals surface area contributed by atoms with Gasteiger partial charge in [-0.05, 0) is 48.7 Å².